The first-order valence-electron chi connectivity index (χ1n) is 8.63. The molecule has 0 aromatic heterocycles. The van der Waals surface area contributed by atoms with Crippen LogP contribution >= 0.6 is 0 Å². The third-order valence-corrected chi connectivity index (χ3v) is 4.30. The molecule has 1 aliphatic rings. The number of carbonyl (C=O) groups is 3. The third-order valence-electron chi connectivity index (χ3n) is 4.30. The molecule has 2 rings (SSSR count). The third kappa shape index (κ3) is 5.31. The maximum absolute atomic E-state index is 12.5. The lowest BCUT2D eigenvalue weighted by Crippen LogP contribution is -2.40. The van der Waals surface area contributed by atoms with Gasteiger partial charge in [0.25, 0.3) is 5.91 Å². The maximum atomic E-state index is 12.5. The number of carboxylic acid groups (broad SMARTS) is 1. The van der Waals surface area contributed by atoms with Crippen molar-refractivity contribution in [2.45, 2.75) is 52.0 Å². The van der Waals surface area contributed by atoms with E-state index in [0.29, 0.717) is 24.1 Å². The zero-order valence-corrected chi connectivity index (χ0v) is 15.0. The molecule has 0 spiro atoms. The van der Waals surface area contributed by atoms with Crippen molar-refractivity contribution < 1.29 is 19.5 Å². The van der Waals surface area contributed by atoms with Gasteiger partial charge in [-0.3, -0.25) is 14.4 Å². The van der Waals surface area contributed by atoms with Gasteiger partial charge >= 0.3 is 5.97 Å². The number of anilines is 1. The summed E-state index contributed by atoms with van der Waals surface area (Å²) in [5.41, 5.74) is 0.597. The number of carbonyl (C=O) groups excluding carboxylic acids is 2. The van der Waals surface area contributed by atoms with Gasteiger partial charge in [-0.15, -0.1) is 0 Å². The van der Waals surface area contributed by atoms with Crippen LogP contribution in [-0.4, -0.2) is 28.4 Å². The second-order valence-electron chi connectivity index (χ2n) is 7.61. The van der Waals surface area contributed by atoms with E-state index in [1.165, 1.54) is 0 Å². The summed E-state index contributed by atoms with van der Waals surface area (Å²) >= 11 is 0. The second-order valence-corrected chi connectivity index (χ2v) is 7.61. The molecule has 1 saturated carbocycles. The molecule has 1 aromatic carbocycles. The second kappa shape index (κ2) is 7.68. The molecule has 1 fully saturated rings. The van der Waals surface area contributed by atoms with Gasteiger partial charge in [-0.2, -0.15) is 0 Å². The Morgan fingerprint density at radius 2 is 1.72 bits per heavy atom. The summed E-state index contributed by atoms with van der Waals surface area (Å²) in [4.78, 5) is 36.1. The Balaban J connectivity index is 2.09. The number of aliphatic carboxylic acids is 1. The summed E-state index contributed by atoms with van der Waals surface area (Å²) in [7, 11) is 0. The van der Waals surface area contributed by atoms with Crippen LogP contribution in [0.3, 0.4) is 0 Å². The summed E-state index contributed by atoms with van der Waals surface area (Å²) in [6.45, 7) is 5.68. The molecule has 0 bridgehead atoms. The van der Waals surface area contributed by atoms with Crippen LogP contribution in [0.1, 0.15) is 56.8 Å². The minimum atomic E-state index is -0.918. The van der Waals surface area contributed by atoms with Gasteiger partial charge in [-0.1, -0.05) is 18.9 Å². The SMILES string of the molecule is CC(C)(C)NC(=O)c1cccc(NC(=O)C2CCCCC2C(=O)O)c1. The molecule has 3 N–H and O–H groups in total. The molecule has 2 amide bonds. The van der Waals surface area contributed by atoms with Crippen molar-refractivity contribution in [2.24, 2.45) is 11.8 Å². The number of amides is 2. The molecule has 1 aliphatic carbocycles. The Morgan fingerprint density at radius 3 is 2.32 bits per heavy atom. The smallest absolute Gasteiger partial charge is 0.307 e. The largest absolute Gasteiger partial charge is 0.481 e. The number of nitrogens with one attached hydrogen (secondary N) is 2. The summed E-state index contributed by atoms with van der Waals surface area (Å²) in [6, 6.07) is 6.68. The highest BCUT2D eigenvalue weighted by Gasteiger charge is 2.35. The Hall–Kier alpha value is -2.37. The van der Waals surface area contributed by atoms with E-state index in [9.17, 15) is 19.5 Å². The van der Waals surface area contributed by atoms with Crippen LogP contribution in [-0.2, 0) is 9.59 Å². The van der Waals surface area contributed by atoms with Gasteiger partial charge in [0.15, 0.2) is 0 Å². The standard InChI is InChI=1S/C19H26N2O4/c1-19(2,3)21-16(22)12-7-6-8-13(11-12)20-17(23)14-9-4-5-10-15(14)18(24)25/h6-8,11,14-15H,4-5,9-10H2,1-3H3,(H,20,23)(H,21,22)(H,24,25). The topological polar surface area (TPSA) is 95.5 Å². The molecule has 25 heavy (non-hydrogen) atoms. The fourth-order valence-corrected chi connectivity index (χ4v) is 3.13. The van der Waals surface area contributed by atoms with E-state index in [1.54, 1.807) is 24.3 Å². The van der Waals surface area contributed by atoms with Crippen LogP contribution in [0.5, 0.6) is 0 Å². The Labute approximate surface area is 148 Å². The molecule has 0 aliphatic heterocycles. The van der Waals surface area contributed by atoms with E-state index in [-0.39, 0.29) is 17.4 Å². The van der Waals surface area contributed by atoms with Crippen molar-refractivity contribution in [1.82, 2.24) is 5.32 Å². The predicted molar refractivity (Wildman–Crippen MR) is 95.4 cm³/mol. The molecule has 2 atom stereocenters. The van der Waals surface area contributed by atoms with Gasteiger partial charge in [0.05, 0.1) is 11.8 Å². The molecular formula is C19H26N2O4. The fourth-order valence-electron chi connectivity index (χ4n) is 3.13. The summed E-state index contributed by atoms with van der Waals surface area (Å²) < 4.78 is 0. The number of hydrogen-bond donors (Lipinski definition) is 3. The lowest BCUT2D eigenvalue weighted by molar-refractivity contribution is -0.147. The van der Waals surface area contributed by atoms with Gasteiger partial charge < -0.3 is 15.7 Å². The number of rotatable bonds is 4. The van der Waals surface area contributed by atoms with Crippen LogP contribution < -0.4 is 10.6 Å². The Morgan fingerprint density at radius 1 is 1.08 bits per heavy atom. The minimum absolute atomic E-state index is 0.218. The highest BCUT2D eigenvalue weighted by molar-refractivity contribution is 5.98. The van der Waals surface area contributed by atoms with Crippen molar-refractivity contribution in [3.63, 3.8) is 0 Å². The summed E-state index contributed by atoms with van der Waals surface area (Å²) in [6.07, 6.45) is 2.80. The van der Waals surface area contributed by atoms with Gasteiger partial charge in [-0.05, 0) is 51.8 Å². The van der Waals surface area contributed by atoms with E-state index in [2.05, 4.69) is 10.6 Å². The van der Waals surface area contributed by atoms with E-state index in [4.69, 9.17) is 0 Å². The van der Waals surface area contributed by atoms with Gasteiger partial charge in [-0.25, -0.2) is 0 Å². The highest BCUT2D eigenvalue weighted by atomic mass is 16.4. The first-order chi connectivity index (χ1) is 11.7. The van der Waals surface area contributed by atoms with Crippen molar-refractivity contribution >= 4 is 23.5 Å². The molecule has 6 heteroatoms. The normalized spacial score (nSPS) is 20.6. The highest BCUT2D eigenvalue weighted by Crippen LogP contribution is 2.31. The van der Waals surface area contributed by atoms with Crippen molar-refractivity contribution in [2.75, 3.05) is 5.32 Å². The Kier molecular flexibility index (Phi) is 5.82. The zero-order chi connectivity index (χ0) is 18.6. The van der Waals surface area contributed by atoms with E-state index < -0.39 is 17.8 Å². The lowest BCUT2D eigenvalue weighted by Gasteiger charge is -2.27. The monoisotopic (exact) mass is 346 g/mol. The van der Waals surface area contributed by atoms with Gasteiger partial charge in [0, 0.05) is 16.8 Å². The fraction of sp³-hybridized carbons (Fsp3) is 0.526. The van der Waals surface area contributed by atoms with Crippen molar-refractivity contribution in [3.8, 4) is 0 Å². The van der Waals surface area contributed by atoms with Crippen LogP contribution in [0.4, 0.5) is 5.69 Å². The molecular weight excluding hydrogens is 320 g/mol. The zero-order valence-electron chi connectivity index (χ0n) is 15.0. The number of benzene rings is 1. The Bertz CT molecular complexity index is 664. The molecule has 2 unspecified atom stereocenters. The molecule has 0 saturated heterocycles. The summed E-state index contributed by atoms with van der Waals surface area (Å²) in [5, 5.41) is 15.0. The van der Waals surface area contributed by atoms with E-state index >= 15 is 0 Å². The molecule has 0 radical (unpaired) electrons. The van der Waals surface area contributed by atoms with E-state index in [0.717, 1.165) is 12.8 Å². The average molecular weight is 346 g/mol. The molecule has 0 heterocycles. The molecule has 6 nitrogen and oxygen atoms in total. The van der Waals surface area contributed by atoms with E-state index in [1.807, 2.05) is 20.8 Å². The number of carboxylic acids is 1. The van der Waals surface area contributed by atoms with Gasteiger partial charge in [0.2, 0.25) is 5.91 Å². The van der Waals surface area contributed by atoms with Crippen LogP contribution in [0.15, 0.2) is 24.3 Å². The minimum Gasteiger partial charge on any atom is -0.481 e. The summed E-state index contributed by atoms with van der Waals surface area (Å²) in [5.74, 6) is -2.59. The average Bonchev–Trinajstić information content (AvgIpc) is 2.53. The van der Waals surface area contributed by atoms with Crippen LogP contribution in [0.25, 0.3) is 0 Å². The number of hydrogen-bond acceptors (Lipinski definition) is 3. The molecule has 136 valence electrons. The maximum Gasteiger partial charge on any atom is 0.307 e. The van der Waals surface area contributed by atoms with Crippen molar-refractivity contribution in [3.05, 3.63) is 29.8 Å². The van der Waals surface area contributed by atoms with Crippen LogP contribution in [0, 0.1) is 11.8 Å². The molecule has 1 aromatic rings. The predicted octanol–water partition coefficient (Wildman–Crippen LogP) is 3.04. The quantitative estimate of drug-likeness (QED) is 0.781. The van der Waals surface area contributed by atoms with Gasteiger partial charge in [0.1, 0.15) is 0 Å². The lowest BCUT2D eigenvalue weighted by atomic mass is 9.78. The van der Waals surface area contributed by atoms with Crippen LogP contribution in [0.2, 0.25) is 0 Å². The first-order valence-corrected chi connectivity index (χ1v) is 8.63. The van der Waals surface area contributed by atoms with Crippen molar-refractivity contribution in [1.29, 1.82) is 0 Å². The first kappa shape index (κ1) is 19.0.